The van der Waals surface area contributed by atoms with Crippen molar-refractivity contribution in [3.8, 4) is 5.75 Å². The summed E-state index contributed by atoms with van der Waals surface area (Å²) in [5, 5.41) is 0.622. The summed E-state index contributed by atoms with van der Waals surface area (Å²) in [5.41, 5.74) is -0.551. The van der Waals surface area contributed by atoms with Crippen LogP contribution in [-0.4, -0.2) is 51.2 Å². The smallest absolute Gasteiger partial charge is 0.410 e. The minimum absolute atomic E-state index is 0.0365. The summed E-state index contributed by atoms with van der Waals surface area (Å²) in [6.07, 6.45) is -0.682. The van der Waals surface area contributed by atoms with Crippen molar-refractivity contribution in [2.45, 2.75) is 71.4 Å². The van der Waals surface area contributed by atoms with E-state index < -0.39 is 13.9 Å². The van der Waals surface area contributed by atoms with Gasteiger partial charge in [0.15, 0.2) is 8.32 Å². The third-order valence-corrected chi connectivity index (χ3v) is 9.93. The number of carbonyl (C=O) groups is 1. The third kappa shape index (κ3) is 9.28. The SMILES string of the molecule is CN(CC(COc1cc(Cl)cc(Br)c1)O[Si](C)(C)C(C)(C)C)C(=O)OC(C)(C)C. The molecule has 0 saturated heterocycles. The zero-order valence-electron chi connectivity index (χ0n) is 19.1. The summed E-state index contributed by atoms with van der Waals surface area (Å²) in [6.45, 7) is 17.1. The monoisotopic (exact) mass is 507 g/mol. The van der Waals surface area contributed by atoms with Crippen molar-refractivity contribution in [1.82, 2.24) is 4.90 Å². The summed E-state index contributed by atoms with van der Waals surface area (Å²) < 4.78 is 18.8. The van der Waals surface area contributed by atoms with Gasteiger partial charge in [-0.25, -0.2) is 4.79 Å². The summed E-state index contributed by atoms with van der Waals surface area (Å²) in [4.78, 5) is 14.0. The Hall–Kier alpha value is -0.763. The molecule has 0 fully saturated rings. The summed E-state index contributed by atoms with van der Waals surface area (Å²) >= 11 is 9.54. The van der Waals surface area contributed by atoms with E-state index in [0.717, 1.165) is 4.47 Å². The van der Waals surface area contributed by atoms with Gasteiger partial charge in [-0.1, -0.05) is 48.3 Å². The first-order valence-electron chi connectivity index (χ1n) is 9.71. The highest BCUT2D eigenvalue weighted by molar-refractivity contribution is 9.10. The molecule has 1 aromatic carbocycles. The molecule has 5 nitrogen and oxygen atoms in total. The Morgan fingerprint density at radius 2 is 1.76 bits per heavy atom. The molecule has 8 heteroatoms. The number of hydrogen-bond donors (Lipinski definition) is 0. The van der Waals surface area contributed by atoms with Crippen LogP contribution >= 0.6 is 27.5 Å². The van der Waals surface area contributed by atoms with E-state index >= 15 is 0 Å². The average molecular weight is 509 g/mol. The van der Waals surface area contributed by atoms with E-state index in [1.54, 1.807) is 24.1 Å². The molecule has 0 aliphatic carbocycles. The topological polar surface area (TPSA) is 48.0 Å². The number of benzene rings is 1. The fourth-order valence-corrected chi connectivity index (χ4v) is 4.40. The molecule has 0 N–H and O–H groups in total. The lowest BCUT2D eigenvalue weighted by atomic mass is 10.2. The van der Waals surface area contributed by atoms with E-state index in [0.29, 0.717) is 23.9 Å². The maximum Gasteiger partial charge on any atom is 0.410 e. The van der Waals surface area contributed by atoms with Crippen molar-refractivity contribution in [2.75, 3.05) is 20.2 Å². The number of likely N-dealkylation sites (N-methyl/N-ethyl adjacent to an activating group) is 1. The fourth-order valence-electron chi connectivity index (χ4n) is 2.24. The molecular weight excluding hydrogens is 474 g/mol. The third-order valence-electron chi connectivity index (χ3n) is 4.72. The Labute approximate surface area is 190 Å². The van der Waals surface area contributed by atoms with E-state index in [1.807, 2.05) is 26.8 Å². The number of hydrogen-bond acceptors (Lipinski definition) is 4. The van der Waals surface area contributed by atoms with Crippen LogP contribution in [0.3, 0.4) is 0 Å². The van der Waals surface area contributed by atoms with E-state index in [9.17, 15) is 4.79 Å². The molecule has 0 spiro atoms. The largest absolute Gasteiger partial charge is 0.491 e. The van der Waals surface area contributed by atoms with Crippen LogP contribution < -0.4 is 4.74 Å². The molecule has 1 unspecified atom stereocenters. The Morgan fingerprint density at radius 3 is 2.24 bits per heavy atom. The lowest BCUT2D eigenvalue weighted by molar-refractivity contribution is 0.0172. The molecular formula is C21H35BrClNO4Si. The highest BCUT2D eigenvalue weighted by Gasteiger charge is 2.40. The Morgan fingerprint density at radius 1 is 1.17 bits per heavy atom. The van der Waals surface area contributed by atoms with Gasteiger partial charge in [0.05, 0.1) is 12.6 Å². The predicted octanol–water partition coefficient (Wildman–Crippen LogP) is 6.74. The van der Waals surface area contributed by atoms with E-state index in [2.05, 4.69) is 49.8 Å². The molecule has 1 amide bonds. The molecule has 1 rings (SSSR count). The highest BCUT2D eigenvalue weighted by atomic mass is 79.9. The second-order valence-electron chi connectivity index (χ2n) is 9.78. The molecule has 1 aromatic rings. The van der Waals surface area contributed by atoms with Crippen LogP contribution in [0.5, 0.6) is 5.75 Å². The van der Waals surface area contributed by atoms with Crippen molar-refractivity contribution < 1.29 is 18.7 Å². The van der Waals surface area contributed by atoms with Crippen LogP contribution in [0, 0.1) is 0 Å². The fraction of sp³-hybridized carbons (Fsp3) is 0.667. The molecule has 0 aromatic heterocycles. The maximum absolute atomic E-state index is 12.4. The first-order chi connectivity index (χ1) is 13.0. The van der Waals surface area contributed by atoms with E-state index in [4.69, 9.17) is 25.5 Å². The summed E-state index contributed by atoms with van der Waals surface area (Å²) in [5.74, 6) is 0.646. The number of ether oxygens (including phenoxy) is 2. The lowest BCUT2D eigenvalue weighted by Crippen LogP contribution is -2.49. The van der Waals surface area contributed by atoms with Gasteiger partial charge in [-0.3, -0.25) is 0 Å². The molecule has 0 radical (unpaired) electrons. The van der Waals surface area contributed by atoms with Gasteiger partial charge in [-0.15, -0.1) is 0 Å². The van der Waals surface area contributed by atoms with Crippen molar-refractivity contribution in [3.05, 3.63) is 27.7 Å². The van der Waals surface area contributed by atoms with Crippen molar-refractivity contribution in [3.63, 3.8) is 0 Å². The Balaban J connectivity index is 2.94. The van der Waals surface area contributed by atoms with Gasteiger partial charge in [0.2, 0.25) is 0 Å². The number of nitrogens with zero attached hydrogens (tertiary/aromatic N) is 1. The zero-order valence-corrected chi connectivity index (χ0v) is 22.4. The van der Waals surface area contributed by atoms with Gasteiger partial charge in [0.25, 0.3) is 0 Å². The number of rotatable bonds is 7. The Bertz CT molecular complexity index is 681. The molecule has 0 aliphatic heterocycles. The van der Waals surface area contributed by atoms with Crippen molar-refractivity contribution >= 4 is 41.9 Å². The first-order valence-corrected chi connectivity index (χ1v) is 13.8. The van der Waals surface area contributed by atoms with Gasteiger partial charge in [0, 0.05) is 16.5 Å². The quantitative estimate of drug-likeness (QED) is 0.383. The van der Waals surface area contributed by atoms with Crippen molar-refractivity contribution in [2.24, 2.45) is 0 Å². The van der Waals surface area contributed by atoms with Gasteiger partial charge in [-0.05, 0) is 57.1 Å². The van der Waals surface area contributed by atoms with E-state index in [-0.39, 0.29) is 17.2 Å². The number of carbonyl (C=O) groups excluding carboxylic acids is 1. The van der Waals surface area contributed by atoms with Crippen LogP contribution in [0.4, 0.5) is 4.79 Å². The lowest BCUT2D eigenvalue weighted by Gasteiger charge is -2.40. The van der Waals surface area contributed by atoms with Crippen LogP contribution in [0.1, 0.15) is 41.5 Å². The van der Waals surface area contributed by atoms with Gasteiger partial charge in [-0.2, -0.15) is 0 Å². The molecule has 0 aliphatic rings. The van der Waals surface area contributed by atoms with Crippen molar-refractivity contribution in [1.29, 1.82) is 0 Å². The Kier molecular flexibility index (Phi) is 9.09. The molecule has 0 heterocycles. The minimum atomic E-state index is -2.07. The molecule has 0 bridgehead atoms. The van der Waals surface area contributed by atoms with Crippen LogP contribution in [0.2, 0.25) is 23.2 Å². The maximum atomic E-state index is 12.4. The standard InChI is InChI=1S/C21H35BrClNO4Si/c1-20(2,3)27-19(25)24(7)13-18(28-29(8,9)21(4,5)6)14-26-17-11-15(22)10-16(23)12-17/h10-12,18H,13-14H2,1-9H3. The van der Waals surface area contributed by atoms with Crippen LogP contribution in [0.15, 0.2) is 22.7 Å². The van der Waals surface area contributed by atoms with Gasteiger partial charge >= 0.3 is 6.09 Å². The average Bonchev–Trinajstić information content (AvgIpc) is 2.48. The molecule has 1 atom stereocenters. The minimum Gasteiger partial charge on any atom is -0.491 e. The van der Waals surface area contributed by atoms with E-state index in [1.165, 1.54) is 0 Å². The first kappa shape index (κ1) is 26.3. The second kappa shape index (κ2) is 10.0. The highest BCUT2D eigenvalue weighted by Crippen LogP contribution is 2.37. The van der Waals surface area contributed by atoms with Crippen LogP contribution in [0.25, 0.3) is 0 Å². The molecule has 0 saturated carbocycles. The summed E-state index contributed by atoms with van der Waals surface area (Å²) in [7, 11) is -0.356. The van der Waals surface area contributed by atoms with Gasteiger partial charge in [0.1, 0.15) is 18.0 Å². The molecule has 29 heavy (non-hydrogen) atoms. The normalized spacial score (nSPS) is 13.8. The predicted molar refractivity (Wildman–Crippen MR) is 126 cm³/mol. The van der Waals surface area contributed by atoms with Crippen LogP contribution in [-0.2, 0) is 9.16 Å². The second-order valence-corrected chi connectivity index (χ2v) is 15.9. The number of halogens is 2. The molecule has 166 valence electrons. The number of amides is 1. The zero-order chi connectivity index (χ0) is 22.6. The summed E-state index contributed by atoms with van der Waals surface area (Å²) in [6, 6.07) is 5.41. The van der Waals surface area contributed by atoms with Gasteiger partial charge < -0.3 is 18.8 Å².